The van der Waals surface area contributed by atoms with Gasteiger partial charge in [-0.3, -0.25) is 4.79 Å². The van der Waals surface area contributed by atoms with Gasteiger partial charge in [0.05, 0.1) is 11.1 Å². The lowest BCUT2D eigenvalue weighted by Gasteiger charge is -2.35. The van der Waals surface area contributed by atoms with E-state index in [1.54, 1.807) is 20.8 Å². The summed E-state index contributed by atoms with van der Waals surface area (Å²) in [6.45, 7) is 8.74. The number of benzene rings is 1. The molecule has 1 rings (SSSR count). The average molecular weight is 303 g/mol. The first kappa shape index (κ1) is 17.2. The van der Waals surface area contributed by atoms with E-state index in [9.17, 15) is 22.4 Å². The number of hydrogen-bond donors (Lipinski definition) is 0. The molecule has 0 bridgehead atoms. The van der Waals surface area contributed by atoms with Gasteiger partial charge in [0.15, 0.2) is 0 Å². The molecule has 0 saturated carbocycles. The summed E-state index contributed by atoms with van der Waals surface area (Å²) in [5.74, 6) is -1.78. The van der Waals surface area contributed by atoms with E-state index in [1.807, 2.05) is 0 Å². The van der Waals surface area contributed by atoms with Crippen molar-refractivity contribution in [2.24, 2.45) is 0 Å². The highest BCUT2D eigenvalue weighted by molar-refractivity contribution is 5.95. The van der Waals surface area contributed by atoms with Crippen LogP contribution >= 0.6 is 0 Å². The van der Waals surface area contributed by atoms with Crippen molar-refractivity contribution in [3.63, 3.8) is 0 Å². The van der Waals surface area contributed by atoms with Crippen molar-refractivity contribution >= 4 is 5.91 Å². The second kappa shape index (κ2) is 5.87. The second-order valence-electron chi connectivity index (χ2n) is 5.57. The molecule has 0 saturated heterocycles. The molecule has 0 heterocycles. The Morgan fingerprint density at radius 1 is 1.29 bits per heavy atom. The molecule has 0 aliphatic heterocycles. The van der Waals surface area contributed by atoms with Gasteiger partial charge in [0, 0.05) is 12.1 Å². The van der Waals surface area contributed by atoms with Crippen LogP contribution in [0.2, 0.25) is 0 Å². The van der Waals surface area contributed by atoms with E-state index in [0.29, 0.717) is 18.2 Å². The summed E-state index contributed by atoms with van der Waals surface area (Å²) in [4.78, 5) is 13.6. The molecular weight excluding hydrogens is 286 g/mol. The number of carbonyl (C=O) groups excluding carboxylic acids is 1. The first-order chi connectivity index (χ1) is 9.48. The molecule has 2 nitrogen and oxygen atoms in total. The number of alkyl halides is 3. The van der Waals surface area contributed by atoms with Gasteiger partial charge in [-0.15, -0.1) is 6.58 Å². The highest BCUT2D eigenvalue weighted by atomic mass is 19.4. The molecule has 1 aromatic rings. The van der Waals surface area contributed by atoms with Gasteiger partial charge in [-0.2, -0.15) is 13.2 Å². The lowest BCUT2D eigenvalue weighted by Crippen LogP contribution is -2.46. The van der Waals surface area contributed by atoms with E-state index in [-0.39, 0.29) is 6.54 Å². The molecule has 1 aromatic carbocycles. The van der Waals surface area contributed by atoms with Crippen LogP contribution in [0.1, 0.15) is 36.7 Å². The molecular formula is C15H17F4NO. The third-order valence-electron chi connectivity index (χ3n) is 2.89. The van der Waals surface area contributed by atoms with Crippen LogP contribution in [0, 0.1) is 5.82 Å². The third kappa shape index (κ3) is 4.06. The van der Waals surface area contributed by atoms with Crippen LogP contribution in [0.3, 0.4) is 0 Å². The van der Waals surface area contributed by atoms with E-state index >= 15 is 0 Å². The predicted molar refractivity (Wildman–Crippen MR) is 72.4 cm³/mol. The van der Waals surface area contributed by atoms with Crippen molar-refractivity contribution in [3.8, 4) is 0 Å². The standard InChI is InChI=1S/C15H17F4NO/c1-5-8-20(14(2,3)4)13(21)11-9-10(15(17,18)19)6-7-12(11)16/h5-7,9H,1,8H2,2-4H3. The van der Waals surface area contributed by atoms with Crippen molar-refractivity contribution in [2.45, 2.75) is 32.5 Å². The Bertz CT molecular complexity index is 544. The molecule has 0 aromatic heterocycles. The SMILES string of the molecule is C=CCN(C(=O)c1cc(C(F)(F)F)ccc1F)C(C)(C)C. The first-order valence-corrected chi connectivity index (χ1v) is 6.28. The normalized spacial score (nSPS) is 12.1. The van der Waals surface area contributed by atoms with Crippen LogP contribution in [0.5, 0.6) is 0 Å². The molecule has 1 amide bonds. The summed E-state index contributed by atoms with van der Waals surface area (Å²) >= 11 is 0. The second-order valence-corrected chi connectivity index (χ2v) is 5.57. The Hall–Kier alpha value is -1.85. The van der Waals surface area contributed by atoms with Crippen molar-refractivity contribution in [3.05, 3.63) is 47.8 Å². The van der Waals surface area contributed by atoms with Crippen LogP contribution in [0.25, 0.3) is 0 Å². The van der Waals surface area contributed by atoms with Gasteiger partial charge in [0.1, 0.15) is 5.82 Å². The molecule has 6 heteroatoms. The molecule has 0 fully saturated rings. The van der Waals surface area contributed by atoms with E-state index < -0.39 is 34.6 Å². The van der Waals surface area contributed by atoms with E-state index in [2.05, 4.69) is 6.58 Å². The van der Waals surface area contributed by atoms with Crippen LogP contribution in [0.15, 0.2) is 30.9 Å². The summed E-state index contributed by atoms with van der Waals surface area (Å²) in [5.41, 5.74) is -2.33. The van der Waals surface area contributed by atoms with Gasteiger partial charge in [0.25, 0.3) is 5.91 Å². The highest BCUT2D eigenvalue weighted by Crippen LogP contribution is 2.31. The predicted octanol–water partition coefficient (Wildman–Crippen LogP) is 4.27. The number of halogens is 4. The molecule has 0 aliphatic rings. The molecule has 0 aliphatic carbocycles. The van der Waals surface area contributed by atoms with Crippen molar-refractivity contribution in [1.29, 1.82) is 0 Å². The quantitative estimate of drug-likeness (QED) is 0.603. The third-order valence-corrected chi connectivity index (χ3v) is 2.89. The highest BCUT2D eigenvalue weighted by Gasteiger charge is 2.34. The van der Waals surface area contributed by atoms with Gasteiger partial charge in [0.2, 0.25) is 0 Å². The fourth-order valence-electron chi connectivity index (χ4n) is 1.80. The molecule has 0 N–H and O–H groups in total. The number of hydrogen-bond acceptors (Lipinski definition) is 1. The Labute approximate surface area is 121 Å². The van der Waals surface area contributed by atoms with Crippen LogP contribution in [-0.2, 0) is 6.18 Å². The molecule has 0 spiro atoms. The fourth-order valence-corrected chi connectivity index (χ4v) is 1.80. The number of rotatable bonds is 3. The van der Waals surface area contributed by atoms with E-state index in [1.165, 1.54) is 11.0 Å². The van der Waals surface area contributed by atoms with Gasteiger partial charge in [-0.05, 0) is 39.0 Å². The topological polar surface area (TPSA) is 20.3 Å². The van der Waals surface area contributed by atoms with Gasteiger partial charge in [-0.1, -0.05) is 6.08 Å². The number of amides is 1. The van der Waals surface area contributed by atoms with Gasteiger partial charge >= 0.3 is 6.18 Å². The maximum absolute atomic E-state index is 13.8. The van der Waals surface area contributed by atoms with Crippen LogP contribution < -0.4 is 0 Å². The Kier molecular flexibility index (Phi) is 4.81. The molecule has 0 radical (unpaired) electrons. The van der Waals surface area contributed by atoms with Crippen LogP contribution in [-0.4, -0.2) is 22.9 Å². The lowest BCUT2D eigenvalue weighted by atomic mass is 10.0. The Morgan fingerprint density at radius 2 is 1.86 bits per heavy atom. The minimum atomic E-state index is -4.63. The van der Waals surface area contributed by atoms with E-state index in [4.69, 9.17) is 0 Å². The smallest absolute Gasteiger partial charge is 0.330 e. The zero-order chi connectivity index (χ0) is 16.4. The fraction of sp³-hybridized carbons (Fsp3) is 0.400. The lowest BCUT2D eigenvalue weighted by molar-refractivity contribution is -0.137. The zero-order valence-electron chi connectivity index (χ0n) is 12.1. The summed E-state index contributed by atoms with van der Waals surface area (Å²) in [6.07, 6.45) is -3.19. The minimum Gasteiger partial charge on any atom is -0.330 e. The zero-order valence-corrected chi connectivity index (χ0v) is 12.1. The Morgan fingerprint density at radius 3 is 2.29 bits per heavy atom. The maximum atomic E-state index is 13.8. The largest absolute Gasteiger partial charge is 0.416 e. The van der Waals surface area contributed by atoms with Crippen molar-refractivity contribution < 1.29 is 22.4 Å². The van der Waals surface area contributed by atoms with Crippen LogP contribution in [0.4, 0.5) is 17.6 Å². The molecule has 0 atom stereocenters. The van der Waals surface area contributed by atoms with Crippen molar-refractivity contribution in [1.82, 2.24) is 4.90 Å². The molecule has 116 valence electrons. The van der Waals surface area contributed by atoms with Gasteiger partial charge < -0.3 is 4.90 Å². The molecule has 0 unspecified atom stereocenters. The monoisotopic (exact) mass is 303 g/mol. The number of nitrogens with zero attached hydrogens (tertiary/aromatic N) is 1. The summed E-state index contributed by atoms with van der Waals surface area (Å²) in [6, 6.07) is 1.81. The maximum Gasteiger partial charge on any atom is 0.416 e. The summed E-state index contributed by atoms with van der Waals surface area (Å²) in [7, 11) is 0. The van der Waals surface area contributed by atoms with Crippen molar-refractivity contribution in [2.75, 3.05) is 6.54 Å². The average Bonchev–Trinajstić information content (AvgIpc) is 2.33. The van der Waals surface area contributed by atoms with E-state index in [0.717, 1.165) is 0 Å². The van der Waals surface area contributed by atoms with Gasteiger partial charge in [-0.25, -0.2) is 4.39 Å². The number of carbonyl (C=O) groups is 1. The minimum absolute atomic E-state index is 0.109. The molecule has 21 heavy (non-hydrogen) atoms. The Balaban J connectivity index is 3.31. The summed E-state index contributed by atoms with van der Waals surface area (Å²) < 4.78 is 51.8. The summed E-state index contributed by atoms with van der Waals surface area (Å²) in [5, 5.41) is 0. The first-order valence-electron chi connectivity index (χ1n) is 6.28.